The fourth-order valence-corrected chi connectivity index (χ4v) is 5.11. The van der Waals surface area contributed by atoms with Gasteiger partial charge in [-0.15, -0.1) is 30.3 Å². The van der Waals surface area contributed by atoms with Crippen LogP contribution in [0.4, 0.5) is 20.3 Å². The Bertz CT molecular complexity index is 1830. The third kappa shape index (κ3) is 4.00. The van der Waals surface area contributed by atoms with Crippen molar-refractivity contribution in [1.29, 1.82) is 0 Å². The van der Waals surface area contributed by atoms with Crippen molar-refractivity contribution in [3.63, 3.8) is 0 Å². The fraction of sp³-hybridized carbons (Fsp3) is 0.0357. The predicted molar refractivity (Wildman–Crippen MR) is 141 cm³/mol. The van der Waals surface area contributed by atoms with E-state index in [1.165, 1.54) is 12.1 Å². The molecule has 0 saturated carbocycles. The lowest BCUT2D eigenvalue weighted by atomic mass is 10.0. The Balaban J connectivity index is 1.17. The highest BCUT2D eigenvalue weighted by molar-refractivity contribution is 7.17. The first-order valence-electron chi connectivity index (χ1n) is 11.6. The maximum absolute atomic E-state index is 13.5. The Kier molecular flexibility index (Phi) is 5.08. The molecule has 1 aliphatic rings. The van der Waals surface area contributed by atoms with Gasteiger partial charge in [0.15, 0.2) is 17.3 Å². The van der Waals surface area contributed by atoms with E-state index in [0.717, 1.165) is 32.4 Å². The van der Waals surface area contributed by atoms with Gasteiger partial charge in [-0.2, -0.15) is 0 Å². The third-order valence-corrected chi connectivity index (χ3v) is 6.93. The number of hydrogen-bond donors (Lipinski definition) is 1. The number of fused-ring (bicyclic) bond motifs is 3. The van der Waals surface area contributed by atoms with Crippen molar-refractivity contribution < 1.29 is 23.0 Å². The molecule has 7 rings (SSSR count). The van der Waals surface area contributed by atoms with Crippen LogP contribution in [0.5, 0.6) is 23.0 Å². The first-order valence-corrected chi connectivity index (χ1v) is 12.4. The normalized spacial score (nSPS) is 13.6. The lowest BCUT2D eigenvalue weighted by Crippen LogP contribution is -2.25. The van der Waals surface area contributed by atoms with Crippen molar-refractivity contribution in [3.05, 3.63) is 90.4 Å². The minimum atomic E-state index is -3.68. The second-order valence-electron chi connectivity index (χ2n) is 8.47. The Hall–Kier alpha value is -4.83. The SMILES string of the molecule is FC1(F)Oc2ccc(-c3nnc(Nc4ccc(Oc5ccnc6ccsc56)cc4)c4ccccc34)cc2O1. The Morgan fingerprint density at radius 3 is 2.53 bits per heavy atom. The summed E-state index contributed by atoms with van der Waals surface area (Å²) in [5, 5.41) is 15.7. The first kappa shape index (κ1) is 22.4. The van der Waals surface area contributed by atoms with Gasteiger partial charge in [-0.05, 0) is 53.9 Å². The van der Waals surface area contributed by atoms with E-state index in [0.29, 0.717) is 22.8 Å². The predicted octanol–water partition coefficient (Wildman–Crippen LogP) is 7.76. The van der Waals surface area contributed by atoms with Crippen LogP contribution in [0.3, 0.4) is 0 Å². The summed E-state index contributed by atoms with van der Waals surface area (Å²) in [4.78, 5) is 4.34. The molecule has 7 nitrogen and oxygen atoms in total. The van der Waals surface area contributed by atoms with Crippen LogP contribution in [0.25, 0.3) is 32.2 Å². The van der Waals surface area contributed by atoms with Gasteiger partial charge >= 0.3 is 6.29 Å². The number of hydrogen-bond acceptors (Lipinski definition) is 8. The molecule has 0 aliphatic carbocycles. The molecule has 1 aliphatic heterocycles. The zero-order valence-corrected chi connectivity index (χ0v) is 20.2. The molecule has 3 aromatic heterocycles. The minimum Gasteiger partial charge on any atom is -0.456 e. The summed E-state index contributed by atoms with van der Waals surface area (Å²) >= 11 is 1.58. The molecule has 0 amide bonds. The lowest BCUT2D eigenvalue weighted by Gasteiger charge is -2.12. The highest BCUT2D eigenvalue weighted by atomic mass is 32.1. The number of alkyl halides is 2. The zero-order valence-electron chi connectivity index (χ0n) is 19.4. The largest absolute Gasteiger partial charge is 0.586 e. The van der Waals surface area contributed by atoms with Gasteiger partial charge in [0.2, 0.25) is 0 Å². The lowest BCUT2D eigenvalue weighted by molar-refractivity contribution is -0.286. The van der Waals surface area contributed by atoms with E-state index in [4.69, 9.17) is 4.74 Å². The number of rotatable bonds is 5. The number of nitrogens with zero attached hydrogens (tertiary/aromatic N) is 3. The minimum absolute atomic E-state index is 0.0227. The molecular formula is C28H16F2N4O3S. The number of ether oxygens (including phenoxy) is 3. The number of nitrogens with one attached hydrogen (secondary N) is 1. The van der Waals surface area contributed by atoms with Gasteiger partial charge in [0.05, 0.1) is 10.2 Å². The molecule has 0 radical (unpaired) electrons. The zero-order chi connectivity index (χ0) is 25.7. The molecule has 10 heteroatoms. The van der Waals surface area contributed by atoms with E-state index in [2.05, 4.69) is 30.0 Å². The van der Waals surface area contributed by atoms with E-state index in [9.17, 15) is 8.78 Å². The molecule has 0 fully saturated rings. The average Bonchev–Trinajstić information content (AvgIpc) is 3.53. The maximum atomic E-state index is 13.5. The van der Waals surface area contributed by atoms with Crippen molar-refractivity contribution in [2.45, 2.75) is 6.29 Å². The summed E-state index contributed by atoms with van der Waals surface area (Å²) < 4.78 is 43.1. The van der Waals surface area contributed by atoms with Gasteiger partial charge in [0, 0.05) is 34.3 Å². The van der Waals surface area contributed by atoms with E-state index in [1.807, 2.05) is 66.0 Å². The van der Waals surface area contributed by atoms with Gasteiger partial charge in [0.1, 0.15) is 17.2 Å². The third-order valence-electron chi connectivity index (χ3n) is 6.01. The smallest absolute Gasteiger partial charge is 0.456 e. The molecule has 0 spiro atoms. The molecule has 0 bridgehead atoms. The highest BCUT2D eigenvalue weighted by Gasteiger charge is 2.43. The number of thiophene rings is 1. The molecule has 1 N–H and O–H groups in total. The second kappa shape index (κ2) is 8.63. The molecule has 186 valence electrons. The van der Waals surface area contributed by atoms with Crippen LogP contribution in [0, 0.1) is 0 Å². The first-order chi connectivity index (χ1) is 18.5. The fourth-order valence-electron chi connectivity index (χ4n) is 4.31. The van der Waals surface area contributed by atoms with Crippen molar-refractivity contribution in [3.8, 4) is 34.3 Å². The summed E-state index contributed by atoms with van der Waals surface area (Å²) in [5.41, 5.74) is 2.82. The maximum Gasteiger partial charge on any atom is 0.586 e. The molecule has 3 aromatic carbocycles. The van der Waals surface area contributed by atoms with Gasteiger partial charge in [-0.3, -0.25) is 4.98 Å². The second-order valence-corrected chi connectivity index (χ2v) is 9.38. The highest BCUT2D eigenvalue weighted by Crippen LogP contribution is 2.43. The Labute approximate surface area is 218 Å². The molecule has 0 saturated heterocycles. The summed E-state index contributed by atoms with van der Waals surface area (Å²) in [7, 11) is 0. The van der Waals surface area contributed by atoms with Crippen LogP contribution in [-0.4, -0.2) is 21.5 Å². The van der Waals surface area contributed by atoms with Crippen LogP contribution in [0.1, 0.15) is 0 Å². The molecule has 4 heterocycles. The van der Waals surface area contributed by atoms with Crippen LogP contribution in [-0.2, 0) is 0 Å². The van der Waals surface area contributed by atoms with Gasteiger partial charge in [-0.1, -0.05) is 24.3 Å². The van der Waals surface area contributed by atoms with Crippen LogP contribution in [0.15, 0.2) is 90.4 Å². The average molecular weight is 527 g/mol. The summed E-state index contributed by atoms with van der Waals surface area (Å²) in [6.07, 6.45) is -1.95. The number of anilines is 2. The Morgan fingerprint density at radius 2 is 1.66 bits per heavy atom. The standard InChI is InChI=1S/C28H16F2N4O3S/c29-28(30)36-22-10-5-16(15-24(22)37-28)25-19-3-1-2-4-20(19)27(34-33-25)32-17-6-8-18(9-7-17)35-23-11-13-31-21-12-14-38-26(21)23/h1-15H,(H,32,34). The topological polar surface area (TPSA) is 78.4 Å². The van der Waals surface area contributed by atoms with Gasteiger partial charge in [0.25, 0.3) is 0 Å². The number of benzene rings is 3. The van der Waals surface area contributed by atoms with Crippen molar-refractivity contribution in [2.75, 3.05) is 5.32 Å². The summed E-state index contributed by atoms with van der Waals surface area (Å²) in [5.74, 6) is 1.93. The molecule has 0 unspecified atom stereocenters. The Morgan fingerprint density at radius 1 is 0.842 bits per heavy atom. The summed E-state index contributed by atoms with van der Waals surface area (Å²) in [6, 6.07) is 23.5. The van der Waals surface area contributed by atoms with Crippen LogP contribution >= 0.6 is 11.3 Å². The molecule has 0 atom stereocenters. The number of aromatic nitrogens is 3. The number of pyridine rings is 1. The quantitative estimate of drug-likeness (QED) is 0.246. The van der Waals surface area contributed by atoms with Gasteiger partial charge < -0.3 is 19.5 Å². The van der Waals surface area contributed by atoms with E-state index >= 15 is 0 Å². The molecule has 38 heavy (non-hydrogen) atoms. The van der Waals surface area contributed by atoms with Crippen molar-refractivity contribution in [2.24, 2.45) is 0 Å². The molecule has 6 aromatic rings. The van der Waals surface area contributed by atoms with Crippen molar-refractivity contribution in [1.82, 2.24) is 15.2 Å². The van der Waals surface area contributed by atoms with E-state index in [-0.39, 0.29) is 11.5 Å². The van der Waals surface area contributed by atoms with Crippen molar-refractivity contribution >= 4 is 43.8 Å². The van der Waals surface area contributed by atoms with Crippen LogP contribution < -0.4 is 19.5 Å². The van der Waals surface area contributed by atoms with E-state index < -0.39 is 6.29 Å². The number of halogens is 2. The monoisotopic (exact) mass is 526 g/mol. The van der Waals surface area contributed by atoms with Gasteiger partial charge in [-0.25, -0.2) is 0 Å². The summed E-state index contributed by atoms with van der Waals surface area (Å²) in [6.45, 7) is 0. The van der Waals surface area contributed by atoms with Crippen LogP contribution in [0.2, 0.25) is 0 Å². The van der Waals surface area contributed by atoms with E-state index in [1.54, 1.807) is 23.6 Å². The molecular weight excluding hydrogens is 510 g/mol.